The second-order valence-corrected chi connectivity index (χ2v) is 8.16. The quantitative estimate of drug-likeness (QED) is 0.218. The number of aromatic nitrogens is 3. The lowest BCUT2D eigenvalue weighted by Gasteiger charge is -2.11. The molecule has 0 saturated carbocycles. The number of amides is 1. The van der Waals surface area contributed by atoms with Crippen LogP contribution in [0.15, 0.2) is 78.0 Å². The van der Waals surface area contributed by atoms with E-state index in [9.17, 15) is 20.0 Å². The standard InChI is InChI=1S/C22H16ClN5O4S/c23-15-4-3-5-16(12-15)27-21(14-8-10-17(29)11-9-14)25-26-22(27)33-13-20(30)24-18-6-1-2-7-19(18)28(31)32/h1-12,29H,13H2,(H,24,30). The fourth-order valence-electron chi connectivity index (χ4n) is 3.06. The smallest absolute Gasteiger partial charge is 0.292 e. The van der Waals surface area contributed by atoms with Crippen LogP contribution in [-0.2, 0) is 4.79 Å². The second-order valence-electron chi connectivity index (χ2n) is 6.78. The van der Waals surface area contributed by atoms with Crippen LogP contribution in [0.25, 0.3) is 17.1 Å². The first-order chi connectivity index (χ1) is 15.9. The molecule has 0 atom stereocenters. The molecule has 0 aliphatic heterocycles. The zero-order valence-corrected chi connectivity index (χ0v) is 18.5. The number of rotatable bonds is 7. The van der Waals surface area contributed by atoms with Crippen LogP contribution in [-0.4, -0.2) is 36.5 Å². The molecular formula is C22H16ClN5O4S. The number of para-hydroxylation sites is 2. The van der Waals surface area contributed by atoms with Gasteiger partial charge in [-0.05, 0) is 48.5 Å². The Morgan fingerprint density at radius 1 is 1.09 bits per heavy atom. The Labute approximate surface area is 197 Å². The number of phenols is 1. The van der Waals surface area contributed by atoms with Gasteiger partial charge in [-0.2, -0.15) is 0 Å². The van der Waals surface area contributed by atoms with Gasteiger partial charge in [0.15, 0.2) is 11.0 Å². The van der Waals surface area contributed by atoms with E-state index in [1.165, 1.54) is 18.2 Å². The second kappa shape index (κ2) is 9.72. The minimum Gasteiger partial charge on any atom is -0.508 e. The average molecular weight is 482 g/mol. The van der Waals surface area contributed by atoms with Crippen LogP contribution in [0.3, 0.4) is 0 Å². The number of nitrogens with one attached hydrogen (secondary N) is 1. The highest BCUT2D eigenvalue weighted by Gasteiger charge is 2.19. The molecule has 9 nitrogen and oxygen atoms in total. The van der Waals surface area contributed by atoms with Gasteiger partial charge >= 0.3 is 0 Å². The Bertz CT molecular complexity index is 1330. The predicted molar refractivity (Wildman–Crippen MR) is 126 cm³/mol. The topological polar surface area (TPSA) is 123 Å². The molecular weight excluding hydrogens is 466 g/mol. The van der Waals surface area contributed by atoms with Gasteiger partial charge in [0, 0.05) is 16.7 Å². The van der Waals surface area contributed by atoms with Crippen molar-refractivity contribution >= 4 is 40.6 Å². The summed E-state index contributed by atoms with van der Waals surface area (Å²) in [7, 11) is 0. The monoisotopic (exact) mass is 481 g/mol. The van der Waals surface area contributed by atoms with Crippen molar-refractivity contribution in [3.8, 4) is 22.8 Å². The molecule has 166 valence electrons. The fraction of sp³-hybridized carbons (Fsp3) is 0.0455. The summed E-state index contributed by atoms with van der Waals surface area (Å²) in [5.74, 6) is 0.134. The zero-order valence-electron chi connectivity index (χ0n) is 16.9. The van der Waals surface area contributed by atoms with Crippen molar-refractivity contribution in [2.24, 2.45) is 0 Å². The molecule has 0 unspecified atom stereocenters. The normalized spacial score (nSPS) is 10.7. The molecule has 0 radical (unpaired) electrons. The van der Waals surface area contributed by atoms with E-state index in [-0.39, 0.29) is 22.9 Å². The summed E-state index contributed by atoms with van der Waals surface area (Å²) in [5.41, 5.74) is 1.33. The van der Waals surface area contributed by atoms with E-state index in [1.807, 2.05) is 6.07 Å². The average Bonchev–Trinajstić information content (AvgIpc) is 3.22. The molecule has 0 bridgehead atoms. The van der Waals surface area contributed by atoms with Gasteiger partial charge in [-0.15, -0.1) is 10.2 Å². The van der Waals surface area contributed by atoms with E-state index in [1.54, 1.807) is 53.1 Å². The minimum absolute atomic E-state index is 0.0552. The SMILES string of the molecule is O=C(CSc1nnc(-c2ccc(O)cc2)n1-c1cccc(Cl)c1)Nc1ccccc1[N+](=O)[O-]. The number of carbonyl (C=O) groups is 1. The lowest BCUT2D eigenvalue weighted by Crippen LogP contribution is -2.15. The molecule has 0 aliphatic carbocycles. The van der Waals surface area contributed by atoms with Crippen molar-refractivity contribution in [1.29, 1.82) is 0 Å². The number of phenolic OH excluding ortho intramolecular Hbond substituents is 1. The summed E-state index contributed by atoms with van der Waals surface area (Å²) in [6, 6.07) is 19.5. The first kappa shape index (κ1) is 22.3. The van der Waals surface area contributed by atoms with Crippen molar-refractivity contribution in [1.82, 2.24) is 14.8 Å². The molecule has 0 spiro atoms. The third-order valence-electron chi connectivity index (χ3n) is 4.53. The zero-order chi connectivity index (χ0) is 23.4. The molecule has 3 aromatic carbocycles. The van der Waals surface area contributed by atoms with Crippen LogP contribution in [0.2, 0.25) is 5.02 Å². The van der Waals surface area contributed by atoms with Crippen LogP contribution in [0, 0.1) is 10.1 Å². The van der Waals surface area contributed by atoms with E-state index in [0.29, 0.717) is 27.3 Å². The number of hydrogen-bond donors (Lipinski definition) is 2. The summed E-state index contributed by atoms with van der Waals surface area (Å²) < 4.78 is 1.75. The number of anilines is 1. The molecule has 4 rings (SSSR count). The molecule has 1 heterocycles. The maximum absolute atomic E-state index is 12.5. The Morgan fingerprint density at radius 3 is 2.58 bits per heavy atom. The number of thioether (sulfide) groups is 1. The molecule has 1 amide bonds. The third kappa shape index (κ3) is 5.13. The molecule has 2 N–H and O–H groups in total. The molecule has 0 saturated heterocycles. The summed E-state index contributed by atoms with van der Waals surface area (Å²) >= 11 is 7.30. The molecule has 33 heavy (non-hydrogen) atoms. The van der Waals surface area contributed by atoms with E-state index >= 15 is 0 Å². The van der Waals surface area contributed by atoms with Crippen molar-refractivity contribution in [2.75, 3.05) is 11.1 Å². The van der Waals surface area contributed by atoms with Crippen LogP contribution in [0.1, 0.15) is 0 Å². The highest BCUT2D eigenvalue weighted by molar-refractivity contribution is 7.99. The largest absolute Gasteiger partial charge is 0.508 e. The highest BCUT2D eigenvalue weighted by Crippen LogP contribution is 2.30. The van der Waals surface area contributed by atoms with Crippen molar-refractivity contribution in [2.45, 2.75) is 5.16 Å². The predicted octanol–water partition coefficient (Wildman–Crippen LogP) is 4.93. The number of nitro benzene ring substituents is 1. The summed E-state index contributed by atoms with van der Waals surface area (Å²) in [6.45, 7) is 0. The summed E-state index contributed by atoms with van der Waals surface area (Å²) in [6.07, 6.45) is 0. The van der Waals surface area contributed by atoms with Crippen molar-refractivity contribution in [3.63, 3.8) is 0 Å². The number of benzene rings is 3. The highest BCUT2D eigenvalue weighted by atomic mass is 35.5. The maximum atomic E-state index is 12.5. The summed E-state index contributed by atoms with van der Waals surface area (Å²) in [5, 5.41) is 32.8. The van der Waals surface area contributed by atoms with Gasteiger partial charge < -0.3 is 10.4 Å². The number of aromatic hydroxyl groups is 1. The van der Waals surface area contributed by atoms with Gasteiger partial charge in [0.25, 0.3) is 5.69 Å². The van der Waals surface area contributed by atoms with E-state index in [4.69, 9.17) is 11.6 Å². The van der Waals surface area contributed by atoms with Gasteiger partial charge in [0.05, 0.1) is 16.4 Å². The molecule has 0 aliphatic rings. The number of carbonyl (C=O) groups excluding carboxylic acids is 1. The molecule has 11 heteroatoms. The van der Waals surface area contributed by atoms with Gasteiger partial charge in [0.1, 0.15) is 11.4 Å². The third-order valence-corrected chi connectivity index (χ3v) is 5.70. The molecule has 4 aromatic rings. The minimum atomic E-state index is -0.553. The Kier molecular flexibility index (Phi) is 6.57. The fourth-order valence-corrected chi connectivity index (χ4v) is 4.00. The van der Waals surface area contributed by atoms with Gasteiger partial charge in [-0.3, -0.25) is 19.5 Å². The first-order valence-corrected chi connectivity index (χ1v) is 11.0. The van der Waals surface area contributed by atoms with Crippen LogP contribution in [0.5, 0.6) is 5.75 Å². The maximum Gasteiger partial charge on any atom is 0.292 e. The lowest BCUT2D eigenvalue weighted by atomic mass is 10.2. The Balaban J connectivity index is 1.61. The van der Waals surface area contributed by atoms with Gasteiger partial charge in [0.2, 0.25) is 5.91 Å². The van der Waals surface area contributed by atoms with Crippen LogP contribution < -0.4 is 5.32 Å². The first-order valence-electron chi connectivity index (χ1n) is 9.59. The lowest BCUT2D eigenvalue weighted by molar-refractivity contribution is -0.383. The summed E-state index contributed by atoms with van der Waals surface area (Å²) in [4.78, 5) is 23.1. The van der Waals surface area contributed by atoms with Gasteiger partial charge in [-0.25, -0.2) is 0 Å². The number of nitrogens with zero attached hydrogens (tertiary/aromatic N) is 4. The van der Waals surface area contributed by atoms with E-state index in [0.717, 1.165) is 11.8 Å². The molecule has 1 aromatic heterocycles. The number of nitro groups is 1. The molecule has 0 fully saturated rings. The van der Waals surface area contributed by atoms with Crippen molar-refractivity contribution < 1.29 is 14.8 Å². The van der Waals surface area contributed by atoms with Crippen LogP contribution >= 0.6 is 23.4 Å². The van der Waals surface area contributed by atoms with E-state index in [2.05, 4.69) is 15.5 Å². The van der Waals surface area contributed by atoms with Crippen LogP contribution in [0.4, 0.5) is 11.4 Å². The van der Waals surface area contributed by atoms with E-state index < -0.39 is 10.8 Å². The number of hydrogen-bond acceptors (Lipinski definition) is 7. The van der Waals surface area contributed by atoms with Gasteiger partial charge in [-0.1, -0.05) is 41.6 Å². The van der Waals surface area contributed by atoms with Crippen molar-refractivity contribution in [3.05, 3.63) is 87.9 Å². The number of halogens is 1. The Morgan fingerprint density at radius 2 is 1.85 bits per heavy atom. The Hall–Kier alpha value is -3.89.